The van der Waals surface area contributed by atoms with Gasteiger partial charge in [0.2, 0.25) is 0 Å². The van der Waals surface area contributed by atoms with Gasteiger partial charge < -0.3 is 4.18 Å². The van der Waals surface area contributed by atoms with Gasteiger partial charge in [-0.25, -0.2) is 4.79 Å². The standard InChI is InChI=1S/C8H6F2O4S/c9-8(10,7(11)14-15(12)13)6-4-2-1-3-5-6/h1-5H,(H,12,13). The second-order valence-corrected chi connectivity index (χ2v) is 3.13. The Labute approximate surface area is 86.4 Å². The fourth-order valence-corrected chi connectivity index (χ4v) is 1.12. The van der Waals surface area contributed by atoms with E-state index in [0.29, 0.717) is 0 Å². The molecule has 82 valence electrons. The van der Waals surface area contributed by atoms with E-state index >= 15 is 0 Å². The molecule has 1 aromatic carbocycles. The first-order valence-corrected chi connectivity index (χ1v) is 4.74. The van der Waals surface area contributed by atoms with E-state index in [2.05, 4.69) is 4.18 Å². The summed E-state index contributed by atoms with van der Waals surface area (Å²) >= 11 is -3.05. The van der Waals surface area contributed by atoms with Gasteiger partial charge in [0.15, 0.2) is 0 Å². The highest BCUT2D eigenvalue weighted by atomic mass is 32.2. The van der Waals surface area contributed by atoms with Crippen LogP contribution in [0.15, 0.2) is 30.3 Å². The maximum Gasteiger partial charge on any atom is 0.397 e. The van der Waals surface area contributed by atoms with Crippen LogP contribution in [0.25, 0.3) is 0 Å². The minimum absolute atomic E-state index is 0.597. The predicted molar refractivity (Wildman–Crippen MR) is 47.2 cm³/mol. The molecule has 15 heavy (non-hydrogen) atoms. The molecule has 0 aliphatic heterocycles. The Bertz CT molecular complexity index is 379. The molecule has 0 heterocycles. The van der Waals surface area contributed by atoms with Crippen LogP contribution in [0.5, 0.6) is 0 Å². The monoisotopic (exact) mass is 236 g/mol. The van der Waals surface area contributed by atoms with Crippen molar-refractivity contribution in [2.45, 2.75) is 5.92 Å². The zero-order valence-corrected chi connectivity index (χ0v) is 8.04. The molecule has 0 aliphatic carbocycles. The van der Waals surface area contributed by atoms with Crippen LogP contribution >= 0.6 is 0 Å². The number of benzene rings is 1. The molecular formula is C8H6F2O4S. The summed E-state index contributed by atoms with van der Waals surface area (Å²) < 4.78 is 48.0. The van der Waals surface area contributed by atoms with E-state index in [-0.39, 0.29) is 0 Å². The number of carbonyl (C=O) groups is 1. The highest BCUT2D eigenvalue weighted by Gasteiger charge is 2.43. The minimum Gasteiger partial charge on any atom is -0.338 e. The average Bonchev–Trinajstić information content (AvgIpc) is 2.18. The number of rotatable bonds is 3. The van der Waals surface area contributed by atoms with Crippen molar-refractivity contribution in [2.75, 3.05) is 0 Å². The molecule has 1 unspecified atom stereocenters. The largest absolute Gasteiger partial charge is 0.397 e. The van der Waals surface area contributed by atoms with E-state index in [0.717, 1.165) is 12.1 Å². The van der Waals surface area contributed by atoms with Crippen LogP contribution < -0.4 is 0 Å². The lowest BCUT2D eigenvalue weighted by Gasteiger charge is -2.12. The smallest absolute Gasteiger partial charge is 0.338 e. The zero-order valence-electron chi connectivity index (χ0n) is 7.22. The SMILES string of the molecule is O=C(OS(=O)O)C(F)(F)c1ccccc1. The van der Waals surface area contributed by atoms with E-state index < -0.39 is 28.8 Å². The fraction of sp³-hybridized carbons (Fsp3) is 0.125. The van der Waals surface area contributed by atoms with Gasteiger partial charge in [0, 0.05) is 5.56 Å². The Hall–Kier alpha value is -1.34. The molecule has 1 rings (SSSR count). The molecule has 0 saturated carbocycles. The molecule has 7 heteroatoms. The van der Waals surface area contributed by atoms with Crippen molar-refractivity contribution < 1.29 is 26.5 Å². The number of halogens is 2. The lowest BCUT2D eigenvalue weighted by atomic mass is 10.1. The first kappa shape index (κ1) is 11.7. The van der Waals surface area contributed by atoms with E-state index in [1.807, 2.05) is 0 Å². The van der Waals surface area contributed by atoms with Crippen LogP contribution in [0.4, 0.5) is 8.78 Å². The van der Waals surface area contributed by atoms with Gasteiger partial charge in [-0.05, 0) is 0 Å². The van der Waals surface area contributed by atoms with Crippen molar-refractivity contribution in [1.82, 2.24) is 0 Å². The van der Waals surface area contributed by atoms with Gasteiger partial charge in [0.05, 0.1) is 0 Å². The van der Waals surface area contributed by atoms with Crippen molar-refractivity contribution in [2.24, 2.45) is 0 Å². The van der Waals surface area contributed by atoms with Gasteiger partial charge in [-0.3, -0.25) is 4.55 Å². The number of carbonyl (C=O) groups excluding carboxylic acids is 1. The first-order chi connectivity index (χ1) is 6.94. The van der Waals surface area contributed by atoms with Gasteiger partial charge in [-0.15, -0.1) is 0 Å². The molecule has 1 N–H and O–H groups in total. The number of alkyl halides is 2. The quantitative estimate of drug-likeness (QED) is 0.807. The van der Waals surface area contributed by atoms with Gasteiger partial charge in [-0.2, -0.15) is 13.0 Å². The Morgan fingerprint density at radius 1 is 1.33 bits per heavy atom. The highest BCUT2D eigenvalue weighted by molar-refractivity contribution is 7.74. The van der Waals surface area contributed by atoms with Crippen LogP contribution in [0.2, 0.25) is 0 Å². The zero-order chi connectivity index (χ0) is 11.5. The maximum atomic E-state index is 13.2. The normalized spacial score (nSPS) is 13.3. The molecule has 4 nitrogen and oxygen atoms in total. The molecule has 0 fully saturated rings. The second-order valence-electron chi connectivity index (χ2n) is 2.53. The predicted octanol–water partition coefficient (Wildman–Crippen LogP) is 1.46. The van der Waals surface area contributed by atoms with E-state index in [9.17, 15) is 17.8 Å². The summed E-state index contributed by atoms with van der Waals surface area (Å²) in [4.78, 5) is 10.8. The molecule has 1 atom stereocenters. The molecule has 0 amide bonds. The number of hydrogen-bond acceptors (Lipinski definition) is 3. The lowest BCUT2D eigenvalue weighted by Crippen LogP contribution is -2.28. The molecule has 0 spiro atoms. The van der Waals surface area contributed by atoms with Crippen LogP contribution in [0, 0.1) is 0 Å². The summed E-state index contributed by atoms with van der Waals surface area (Å²) in [5, 5.41) is 0. The Kier molecular flexibility index (Phi) is 3.48. The summed E-state index contributed by atoms with van der Waals surface area (Å²) in [7, 11) is 0. The Morgan fingerprint density at radius 2 is 1.87 bits per heavy atom. The van der Waals surface area contributed by atoms with Gasteiger partial charge in [0.1, 0.15) is 0 Å². The third kappa shape index (κ3) is 2.80. The number of hydrogen-bond donors (Lipinski definition) is 1. The molecule has 1 aromatic rings. The maximum absolute atomic E-state index is 13.2. The molecule has 0 aliphatic rings. The van der Waals surface area contributed by atoms with Crippen molar-refractivity contribution in [1.29, 1.82) is 0 Å². The first-order valence-electron chi connectivity index (χ1n) is 3.71. The van der Waals surface area contributed by atoms with Gasteiger partial charge in [0.25, 0.3) is 0 Å². The summed E-state index contributed by atoms with van der Waals surface area (Å²) in [6.07, 6.45) is 0. The summed E-state index contributed by atoms with van der Waals surface area (Å²) in [6, 6.07) is 6.15. The fourth-order valence-electron chi connectivity index (χ4n) is 0.882. The van der Waals surface area contributed by atoms with Gasteiger partial charge in [-0.1, -0.05) is 30.3 Å². The van der Waals surface area contributed by atoms with Gasteiger partial charge >= 0.3 is 23.3 Å². The summed E-state index contributed by atoms with van der Waals surface area (Å²) in [5.74, 6) is -5.99. The van der Waals surface area contributed by atoms with E-state index in [4.69, 9.17) is 4.55 Å². The Balaban J connectivity index is 2.92. The molecule has 0 saturated heterocycles. The van der Waals surface area contributed by atoms with Crippen molar-refractivity contribution in [3.63, 3.8) is 0 Å². The third-order valence-corrected chi connectivity index (χ3v) is 1.83. The molecule has 0 bridgehead atoms. The Morgan fingerprint density at radius 3 is 2.33 bits per heavy atom. The van der Waals surface area contributed by atoms with Crippen LogP contribution in [0.3, 0.4) is 0 Å². The van der Waals surface area contributed by atoms with Crippen molar-refractivity contribution in [3.05, 3.63) is 35.9 Å². The van der Waals surface area contributed by atoms with E-state index in [1.165, 1.54) is 18.2 Å². The lowest BCUT2D eigenvalue weighted by molar-refractivity contribution is -0.162. The molecular weight excluding hydrogens is 230 g/mol. The van der Waals surface area contributed by atoms with Crippen LogP contribution in [0.1, 0.15) is 5.56 Å². The topological polar surface area (TPSA) is 63.6 Å². The minimum atomic E-state index is -3.93. The average molecular weight is 236 g/mol. The second kappa shape index (κ2) is 4.45. The van der Waals surface area contributed by atoms with Crippen LogP contribution in [-0.2, 0) is 26.3 Å². The van der Waals surface area contributed by atoms with Crippen molar-refractivity contribution in [3.8, 4) is 0 Å². The molecule has 0 radical (unpaired) electrons. The molecule has 0 aromatic heterocycles. The summed E-state index contributed by atoms with van der Waals surface area (Å²) in [6.45, 7) is 0. The highest BCUT2D eigenvalue weighted by Crippen LogP contribution is 2.29. The summed E-state index contributed by atoms with van der Waals surface area (Å²) in [5.41, 5.74) is -0.597. The van der Waals surface area contributed by atoms with Crippen LogP contribution in [-0.4, -0.2) is 14.7 Å². The van der Waals surface area contributed by atoms with E-state index in [1.54, 1.807) is 0 Å². The third-order valence-electron chi connectivity index (χ3n) is 1.54. The van der Waals surface area contributed by atoms with Crippen molar-refractivity contribution >= 4 is 17.3 Å².